The number of nitrogens with zero attached hydrogens (tertiary/aromatic N) is 1. The predicted molar refractivity (Wildman–Crippen MR) is 79.1 cm³/mol. The van der Waals surface area contributed by atoms with Gasteiger partial charge in [-0.1, -0.05) is 12.1 Å². The zero-order valence-electron chi connectivity index (χ0n) is 10.3. The molecule has 1 aromatic heterocycles. The largest absolute Gasteiger partial charge is 0.381 e. The minimum atomic E-state index is 0.145. The normalized spacial score (nSPS) is 18.6. The van der Waals surface area contributed by atoms with E-state index >= 15 is 0 Å². The lowest BCUT2D eigenvalue weighted by Gasteiger charge is -2.13. The lowest BCUT2D eigenvalue weighted by molar-refractivity contribution is -0.119. The molecule has 1 saturated heterocycles. The third kappa shape index (κ3) is 2.71. The molecule has 0 radical (unpaired) electrons. The monoisotopic (exact) mass is 319 g/mol. The number of para-hydroxylation sites is 1. The molecular formula is C14H14BrN3O. The Morgan fingerprint density at radius 2 is 2.37 bits per heavy atom. The minimum Gasteiger partial charge on any atom is -0.381 e. The van der Waals surface area contributed by atoms with Gasteiger partial charge in [0.2, 0.25) is 5.91 Å². The van der Waals surface area contributed by atoms with E-state index in [4.69, 9.17) is 0 Å². The fourth-order valence-electron chi connectivity index (χ4n) is 2.34. The quantitative estimate of drug-likeness (QED) is 0.914. The number of pyridine rings is 1. The molecule has 4 nitrogen and oxygen atoms in total. The van der Waals surface area contributed by atoms with E-state index in [2.05, 4.69) is 31.5 Å². The summed E-state index contributed by atoms with van der Waals surface area (Å²) < 4.78 is 0.972. The molecule has 2 aromatic rings. The van der Waals surface area contributed by atoms with Crippen LogP contribution in [0.5, 0.6) is 0 Å². The van der Waals surface area contributed by atoms with Crippen molar-refractivity contribution in [2.45, 2.75) is 18.9 Å². The summed E-state index contributed by atoms with van der Waals surface area (Å²) in [5.41, 5.74) is 1.96. The lowest BCUT2D eigenvalue weighted by Crippen LogP contribution is -2.31. The average Bonchev–Trinajstić information content (AvgIpc) is 2.81. The maximum Gasteiger partial charge on any atom is 0.220 e. The van der Waals surface area contributed by atoms with Gasteiger partial charge in [0.1, 0.15) is 0 Å². The highest BCUT2D eigenvalue weighted by Gasteiger charge is 2.20. The summed E-state index contributed by atoms with van der Waals surface area (Å²) in [5.74, 6) is 0.145. The molecule has 0 aliphatic carbocycles. The number of nitrogens with one attached hydrogen (secondary N) is 2. The molecule has 2 N–H and O–H groups in total. The van der Waals surface area contributed by atoms with Crippen LogP contribution in [0.4, 0.5) is 5.69 Å². The molecule has 0 spiro atoms. The first-order chi connectivity index (χ1) is 9.22. The van der Waals surface area contributed by atoms with Crippen LogP contribution in [-0.4, -0.2) is 23.5 Å². The smallest absolute Gasteiger partial charge is 0.220 e. The highest BCUT2D eigenvalue weighted by molar-refractivity contribution is 9.10. The molecule has 19 heavy (non-hydrogen) atoms. The van der Waals surface area contributed by atoms with Crippen LogP contribution in [-0.2, 0) is 4.79 Å². The molecule has 0 saturated carbocycles. The number of carbonyl (C=O) groups excluding carboxylic acids is 1. The summed E-state index contributed by atoms with van der Waals surface area (Å²) in [7, 11) is 0. The van der Waals surface area contributed by atoms with Crippen molar-refractivity contribution in [1.29, 1.82) is 0 Å². The van der Waals surface area contributed by atoms with E-state index in [1.165, 1.54) is 0 Å². The summed E-state index contributed by atoms with van der Waals surface area (Å²) in [6, 6.07) is 8.32. The second-order valence-electron chi connectivity index (χ2n) is 4.71. The molecule has 5 heteroatoms. The van der Waals surface area contributed by atoms with Crippen LogP contribution < -0.4 is 10.6 Å². The Hall–Kier alpha value is -1.62. The molecule has 1 aliphatic rings. The highest BCUT2D eigenvalue weighted by Crippen LogP contribution is 2.24. The van der Waals surface area contributed by atoms with Crippen LogP contribution in [0.2, 0.25) is 0 Å². The number of benzene rings is 1. The molecule has 0 bridgehead atoms. The topological polar surface area (TPSA) is 54.0 Å². The number of hydrogen-bond donors (Lipinski definition) is 2. The molecule has 2 heterocycles. The third-order valence-electron chi connectivity index (χ3n) is 3.30. The Morgan fingerprint density at radius 3 is 3.16 bits per heavy atom. The zero-order valence-corrected chi connectivity index (χ0v) is 11.9. The van der Waals surface area contributed by atoms with Gasteiger partial charge < -0.3 is 10.6 Å². The molecule has 1 unspecified atom stereocenters. The Balaban J connectivity index is 1.79. The van der Waals surface area contributed by atoms with E-state index in [0.717, 1.165) is 34.0 Å². The lowest BCUT2D eigenvalue weighted by atomic mass is 10.1. The molecule has 98 valence electrons. The molecule has 1 fully saturated rings. The van der Waals surface area contributed by atoms with E-state index in [0.29, 0.717) is 6.42 Å². The van der Waals surface area contributed by atoms with Crippen molar-refractivity contribution in [2.75, 3.05) is 11.9 Å². The number of aromatic nitrogens is 1. The molecule has 1 aliphatic heterocycles. The number of anilines is 1. The van der Waals surface area contributed by atoms with E-state index in [1.807, 2.05) is 24.3 Å². The fourth-order valence-corrected chi connectivity index (χ4v) is 2.69. The molecule has 1 amide bonds. The van der Waals surface area contributed by atoms with Crippen molar-refractivity contribution < 1.29 is 4.79 Å². The summed E-state index contributed by atoms with van der Waals surface area (Å²) in [6.07, 6.45) is 3.33. The Labute approximate surface area is 119 Å². The predicted octanol–water partition coefficient (Wildman–Crippen LogP) is 2.69. The number of hydrogen-bond acceptors (Lipinski definition) is 3. The van der Waals surface area contributed by atoms with Crippen molar-refractivity contribution in [3.8, 4) is 0 Å². The van der Waals surface area contributed by atoms with Gasteiger partial charge >= 0.3 is 0 Å². The van der Waals surface area contributed by atoms with Crippen molar-refractivity contribution in [3.05, 3.63) is 34.9 Å². The van der Waals surface area contributed by atoms with Crippen molar-refractivity contribution >= 4 is 38.4 Å². The summed E-state index contributed by atoms with van der Waals surface area (Å²) in [4.78, 5) is 15.6. The molecule has 1 atom stereocenters. The van der Waals surface area contributed by atoms with Gasteiger partial charge in [-0.3, -0.25) is 9.78 Å². The number of halogens is 1. The number of amides is 1. The zero-order chi connectivity index (χ0) is 13.2. The van der Waals surface area contributed by atoms with Gasteiger partial charge in [-0.25, -0.2) is 0 Å². The van der Waals surface area contributed by atoms with Crippen molar-refractivity contribution in [1.82, 2.24) is 10.3 Å². The highest BCUT2D eigenvalue weighted by atomic mass is 79.9. The SMILES string of the molecule is O=C1CCC(CNc2cccc3cc(Br)cnc23)N1. The third-order valence-corrected chi connectivity index (χ3v) is 3.74. The first-order valence-corrected chi connectivity index (χ1v) is 7.09. The van der Waals surface area contributed by atoms with Gasteiger partial charge in [0.05, 0.1) is 11.2 Å². The fraction of sp³-hybridized carbons (Fsp3) is 0.286. The van der Waals surface area contributed by atoms with Gasteiger partial charge in [0.25, 0.3) is 0 Å². The van der Waals surface area contributed by atoms with Gasteiger partial charge in [0, 0.05) is 35.1 Å². The number of fused-ring (bicyclic) bond motifs is 1. The second kappa shape index (κ2) is 5.17. The standard InChI is InChI=1S/C14H14BrN3O/c15-10-6-9-2-1-3-12(14(9)17-7-10)16-8-11-4-5-13(19)18-11/h1-3,6-7,11,16H,4-5,8H2,(H,18,19). The summed E-state index contributed by atoms with van der Waals surface area (Å²) in [5, 5.41) is 7.42. The summed E-state index contributed by atoms with van der Waals surface area (Å²) in [6.45, 7) is 0.739. The Bertz CT molecular complexity index is 629. The maximum atomic E-state index is 11.2. The molecular weight excluding hydrogens is 306 g/mol. The minimum absolute atomic E-state index is 0.145. The Morgan fingerprint density at radius 1 is 1.47 bits per heavy atom. The summed E-state index contributed by atoms with van der Waals surface area (Å²) >= 11 is 3.43. The van der Waals surface area contributed by atoms with Crippen LogP contribution in [0.15, 0.2) is 34.9 Å². The van der Waals surface area contributed by atoms with E-state index in [-0.39, 0.29) is 11.9 Å². The van der Waals surface area contributed by atoms with Gasteiger partial charge in [0.15, 0.2) is 0 Å². The Kier molecular flexibility index (Phi) is 3.38. The molecule has 3 rings (SSSR count). The first kappa shape index (κ1) is 12.4. The van der Waals surface area contributed by atoms with Crippen LogP contribution in [0.1, 0.15) is 12.8 Å². The van der Waals surface area contributed by atoms with Crippen molar-refractivity contribution in [3.63, 3.8) is 0 Å². The van der Waals surface area contributed by atoms with E-state index in [1.54, 1.807) is 6.20 Å². The van der Waals surface area contributed by atoms with Gasteiger partial charge in [-0.2, -0.15) is 0 Å². The number of rotatable bonds is 3. The van der Waals surface area contributed by atoms with Crippen LogP contribution in [0.3, 0.4) is 0 Å². The van der Waals surface area contributed by atoms with Crippen LogP contribution in [0, 0.1) is 0 Å². The van der Waals surface area contributed by atoms with Crippen LogP contribution in [0.25, 0.3) is 10.9 Å². The van der Waals surface area contributed by atoms with Crippen LogP contribution >= 0.6 is 15.9 Å². The van der Waals surface area contributed by atoms with E-state index < -0.39 is 0 Å². The van der Waals surface area contributed by atoms with Gasteiger partial charge in [-0.15, -0.1) is 0 Å². The maximum absolute atomic E-state index is 11.2. The average molecular weight is 320 g/mol. The second-order valence-corrected chi connectivity index (χ2v) is 5.63. The van der Waals surface area contributed by atoms with Crippen molar-refractivity contribution in [2.24, 2.45) is 0 Å². The number of carbonyl (C=O) groups is 1. The van der Waals surface area contributed by atoms with E-state index in [9.17, 15) is 4.79 Å². The van der Waals surface area contributed by atoms with Gasteiger partial charge in [-0.05, 0) is 34.5 Å². The molecule has 1 aromatic carbocycles. The first-order valence-electron chi connectivity index (χ1n) is 6.30.